The molecule has 3 N–H and O–H groups in total. The third-order valence-electron chi connectivity index (χ3n) is 5.22. The number of aromatic nitrogens is 2. The first kappa shape index (κ1) is 21.6. The average Bonchev–Trinajstić information content (AvgIpc) is 2.81. The highest BCUT2D eigenvalue weighted by Gasteiger charge is 2.21. The molecule has 0 saturated carbocycles. The van der Waals surface area contributed by atoms with E-state index in [9.17, 15) is 4.79 Å². The number of methoxy groups -OCH3 is 1. The van der Waals surface area contributed by atoms with Gasteiger partial charge in [-0.2, -0.15) is 4.98 Å². The maximum atomic E-state index is 12.4. The first-order valence-corrected chi connectivity index (χ1v) is 10.6. The number of carbonyl (C=O) groups is 1. The van der Waals surface area contributed by atoms with E-state index in [1.165, 1.54) is 0 Å². The Labute approximate surface area is 187 Å². The van der Waals surface area contributed by atoms with Gasteiger partial charge in [-0.05, 0) is 68.3 Å². The average molecular weight is 434 g/mol. The number of nitrogens with one attached hydrogen (secondary N) is 3. The number of benzene rings is 2. The van der Waals surface area contributed by atoms with Gasteiger partial charge in [0.05, 0.1) is 7.11 Å². The third kappa shape index (κ3) is 5.73. The van der Waals surface area contributed by atoms with E-state index in [1.807, 2.05) is 61.5 Å². The van der Waals surface area contributed by atoms with Gasteiger partial charge in [-0.3, -0.25) is 4.79 Å². The minimum atomic E-state index is 0.0128. The molecular formula is C24H27N5O3. The normalized spacial score (nSPS) is 13.9. The van der Waals surface area contributed by atoms with Crippen LogP contribution in [0.25, 0.3) is 0 Å². The van der Waals surface area contributed by atoms with Crippen molar-refractivity contribution in [3.63, 3.8) is 0 Å². The highest BCUT2D eigenvalue weighted by atomic mass is 16.5. The molecule has 0 unspecified atom stereocenters. The number of rotatable bonds is 7. The van der Waals surface area contributed by atoms with Gasteiger partial charge in [-0.15, -0.1) is 0 Å². The Kier molecular flexibility index (Phi) is 6.81. The van der Waals surface area contributed by atoms with E-state index < -0.39 is 0 Å². The van der Waals surface area contributed by atoms with Crippen molar-refractivity contribution in [3.05, 3.63) is 60.3 Å². The first-order valence-electron chi connectivity index (χ1n) is 10.6. The number of hydrogen-bond donors (Lipinski definition) is 3. The molecule has 0 bridgehead atoms. The molecule has 166 valence electrons. The van der Waals surface area contributed by atoms with Gasteiger partial charge in [0, 0.05) is 48.0 Å². The summed E-state index contributed by atoms with van der Waals surface area (Å²) in [6, 6.07) is 17.0. The summed E-state index contributed by atoms with van der Waals surface area (Å²) >= 11 is 0. The van der Waals surface area contributed by atoms with Crippen LogP contribution in [0.3, 0.4) is 0 Å². The monoisotopic (exact) mass is 433 g/mol. The summed E-state index contributed by atoms with van der Waals surface area (Å²) in [6.07, 6.45) is 1.53. The molecule has 1 aliphatic heterocycles. The molecule has 0 atom stereocenters. The van der Waals surface area contributed by atoms with Crippen molar-refractivity contribution in [2.45, 2.75) is 19.8 Å². The minimum Gasteiger partial charge on any atom is -0.497 e. The van der Waals surface area contributed by atoms with Gasteiger partial charge in [0.15, 0.2) is 0 Å². The second-order valence-corrected chi connectivity index (χ2v) is 7.65. The predicted molar refractivity (Wildman–Crippen MR) is 125 cm³/mol. The number of nitrogens with zero attached hydrogens (tertiary/aromatic N) is 2. The molecule has 4 rings (SSSR count). The number of ether oxygens (including phenoxy) is 2. The zero-order valence-corrected chi connectivity index (χ0v) is 18.2. The molecule has 2 aromatic carbocycles. The van der Waals surface area contributed by atoms with Crippen LogP contribution >= 0.6 is 0 Å². The van der Waals surface area contributed by atoms with Crippen LogP contribution in [0.15, 0.2) is 54.6 Å². The molecule has 0 aliphatic carbocycles. The molecule has 1 aliphatic rings. The van der Waals surface area contributed by atoms with Gasteiger partial charge in [0.25, 0.3) is 0 Å². The second-order valence-electron chi connectivity index (χ2n) is 7.65. The van der Waals surface area contributed by atoms with Gasteiger partial charge in [-0.1, -0.05) is 0 Å². The zero-order valence-electron chi connectivity index (χ0n) is 18.2. The molecule has 8 heteroatoms. The van der Waals surface area contributed by atoms with Crippen LogP contribution in [-0.4, -0.2) is 36.2 Å². The Balaban J connectivity index is 1.39. The molecule has 3 aromatic rings. The van der Waals surface area contributed by atoms with E-state index in [2.05, 4.69) is 25.9 Å². The largest absolute Gasteiger partial charge is 0.497 e. The van der Waals surface area contributed by atoms with Crippen molar-refractivity contribution >= 4 is 34.7 Å². The smallest absolute Gasteiger partial charge is 0.229 e. The van der Waals surface area contributed by atoms with Crippen LogP contribution in [0.1, 0.15) is 18.5 Å². The molecule has 1 fully saturated rings. The summed E-state index contributed by atoms with van der Waals surface area (Å²) in [7, 11) is 1.64. The number of anilines is 5. The molecule has 1 aromatic heterocycles. The molecule has 1 saturated heterocycles. The van der Waals surface area contributed by atoms with Crippen molar-refractivity contribution in [3.8, 4) is 5.75 Å². The van der Waals surface area contributed by atoms with Crippen LogP contribution in [0.5, 0.6) is 5.75 Å². The Morgan fingerprint density at radius 2 is 1.56 bits per heavy atom. The third-order valence-corrected chi connectivity index (χ3v) is 5.22. The lowest BCUT2D eigenvalue weighted by Crippen LogP contribution is -2.28. The summed E-state index contributed by atoms with van der Waals surface area (Å²) in [5.74, 6) is 2.03. The first-order chi connectivity index (χ1) is 15.6. The van der Waals surface area contributed by atoms with Gasteiger partial charge >= 0.3 is 0 Å². The van der Waals surface area contributed by atoms with Crippen molar-refractivity contribution in [2.75, 3.05) is 36.3 Å². The lowest BCUT2D eigenvalue weighted by molar-refractivity contribution is -0.122. The van der Waals surface area contributed by atoms with Crippen LogP contribution < -0.4 is 20.7 Å². The fourth-order valence-corrected chi connectivity index (χ4v) is 3.48. The lowest BCUT2D eigenvalue weighted by Gasteiger charge is -2.21. The summed E-state index contributed by atoms with van der Waals surface area (Å²) in [5, 5.41) is 9.49. The Bertz CT molecular complexity index is 1050. The topological polar surface area (TPSA) is 97.4 Å². The van der Waals surface area contributed by atoms with E-state index in [0.29, 0.717) is 25.0 Å². The van der Waals surface area contributed by atoms with Gasteiger partial charge in [-0.25, -0.2) is 4.98 Å². The van der Waals surface area contributed by atoms with E-state index in [1.54, 1.807) is 7.11 Å². The Morgan fingerprint density at radius 3 is 2.25 bits per heavy atom. The lowest BCUT2D eigenvalue weighted by atomic mass is 9.99. The number of aryl methyl sites for hydroxylation is 1. The van der Waals surface area contributed by atoms with E-state index in [4.69, 9.17) is 9.47 Å². The summed E-state index contributed by atoms with van der Waals surface area (Å²) in [6.45, 7) is 3.21. The van der Waals surface area contributed by atoms with E-state index in [0.717, 1.165) is 41.3 Å². The SMILES string of the molecule is COc1ccc(Nc2cc(C)nc(Nc3ccc(NC(=O)C4CCOCC4)cc3)n2)cc1. The molecule has 0 radical (unpaired) electrons. The molecule has 32 heavy (non-hydrogen) atoms. The van der Waals surface area contributed by atoms with Crippen LogP contribution in [0, 0.1) is 12.8 Å². The van der Waals surface area contributed by atoms with Crippen LogP contribution in [0.2, 0.25) is 0 Å². The number of carbonyl (C=O) groups excluding carboxylic acids is 1. The fraction of sp³-hybridized carbons (Fsp3) is 0.292. The molecule has 1 amide bonds. The van der Waals surface area contributed by atoms with Gasteiger partial charge < -0.3 is 25.4 Å². The fourth-order valence-electron chi connectivity index (χ4n) is 3.48. The van der Waals surface area contributed by atoms with E-state index in [-0.39, 0.29) is 11.8 Å². The van der Waals surface area contributed by atoms with E-state index >= 15 is 0 Å². The maximum absolute atomic E-state index is 12.4. The molecule has 2 heterocycles. The highest BCUT2D eigenvalue weighted by Crippen LogP contribution is 2.23. The summed E-state index contributed by atoms with van der Waals surface area (Å²) in [5.41, 5.74) is 3.33. The Hall–Kier alpha value is -3.65. The van der Waals surface area contributed by atoms with Crippen LogP contribution in [0.4, 0.5) is 28.8 Å². The second kappa shape index (κ2) is 10.1. The van der Waals surface area contributed by atoms with Crippen molar-refractivity contribution < 1.29 is 14.3 Å². The van der Waals surface area contributed by atoms with Crippen LogP contribution in [-0.2, 0) is 9.53 Å². The molecular weight excluding hydrogens is 406 g/mol. The number of amides is 1. The molecule has 8 nitrogen and oxygen atoms in total. The minimum absolute atomic E-state index is 0.0128. The van der Waals surface area contributed by atoms with Crippen molar-refractivity contribution in [2.24, 2.45) is 5.92 Å². The van der Waals surface area contributed by atoms with Gasteiger partial charge in [0.1, 0.15) is 11.6 Å². The van der Waals surface area contributed by atoms with Crippen molar-refractivity contribution in [1.82, 2.24) is 9.97 Å². The summed E-state index contributed by atoms with van der Waals surface area (Å²) in [4.78, 5) is 21.4. The zero-order chi connectivity index (χ0) is 22.3. The van der Waals surface area contributed by atoms with Crippen molar-refractivity contribution in [1.29, 1.82) is 0 Å². The standard InChI is InChI=1S/C24H27N5O3/c1-16-15-22(26-18-7-9-21(31-2)10-8-18)29-24(25-16)28-20-5-3-19(4-6-20)27-23(30)17-11-13-32-14-12-17/h3-10,15,17H,11-14H2,1-2H3,(H,27,30)(H2,25,26,28,29). The molecule has 0 spiro atoms. The Morgan fingerprint density at radius 1 is 0.938 bits per heavy atom. The quantitative estimate of drug-likeness (QED) is 0.499. The predicted octanol–water partition coefficient (Wildman–Crippen LogP) is 4.65. The number of hydrogen-bond acceptors (Lipinski definition) is 7. The van der Waals surface area contributed by atoms with Gasteiger partial charge in [0.2, 0.25) is 11.9 Å². The maximum Gasteiger partial charge on any atom is 0.229 e. The highest BCUT2D eigenvalue weighted by molar-refractivity contribution is 5.92. The summed E-state index contributed by atoms with van der Waals surface area (Å²) < 4.78 is 10.5.